The third-order valence-corrected chi connectivity index (χ3v) is 7.07. The largest absolute Gasteiger partial charge is 0.323 e. The number of amides is 3. The van der Waals surface area contributed by atoms with E-state index in [0.29, 0.717) is 22.5 Å². The number of benzene rings is 1. The van der Waals surface area contributed by atoms with Crippen LogP contribution in [-0.2, 0) is 14.4 Å². The molecule has 6 unspecified atom stereocenters. The van der Waals surface area contributed by atoms with Gasteiger partial charge in [-0.3, -0.25) is 19.3 Å². The molecule has 1 aromatic carbocycles. The Hall–Kier alpha value is -1.66. The quantitative estimate of drug-likeness (QED) is 0.586. The normalized spacial score (nSPS) is 36.2. The van der Waals surface area contributed by atoms with Crippen molar-refractivity contribution < 1.29 is 14.4 Å². The fourth-order valence-corrected chi connectivity index (χ4v) is 5.82. The average Bonchev–Trinajstić information content (AvgIpc) is 3.39. The molecule has 6 rings (SSSR count). The number of halogens is 2. The van der Waals surface area contributed by atoms with Crippen molar-refractivity contribution in [2.24, 2.45) is 35.5 Å². The number of anilines is 1. The average molecular weight is 436 g/mol. The monoisotopic (exact) mass is 434 g/mol. The Labute approximate surface area is 163 Å². The zero-order chi connectivity index (χ0) is 18.2. The van der Waals surface area contributed by atoms with Gasteiger partial charge in [-0.25, -0.2) is 0 Å². The molecule has 1 heterocycles. The lowest BCUT2D eigenvalue weighted by Gasteiger charge is -2.37. The molecule has 3 amide bonds. The first kappa shape index (κ1) is 16.5. The van der Waals surface area contributed by atoms with E-state index in [0.717, 1.165) is 15.8 Å². The number of likely N-dealkylation sites (tertiary alicyclic amines) is 1. The lowest BCUT2D eigenvalue weighted by molar-refractivity contribution is -0.142. The summed E-state index contributed by atoms with van der Waals surface area (Å²) < 4.78 is 0.802. The molecule has 2 bridgehead atoms. The van der Waals surface area contributed by atoms with E-state index < -0.39 is 5.91 Å². The van der Waals surface area contributed by atoms with Crippen LogP contribution in [0.4, 0.5) is 5.69 Å². The van der Waals surface area contributed by atoms with E-state index in [9.17, 15) is 14.4 Å². The first-order chi connectivity index (χ1) is 12.5. The zero-order valence-corrected chi connectivity index (χ0v) is 16.0. The van der Waals surface area contributed by atoms with Crippen molar-refractivity contribution in [3.05, 3.63) is 39.8 Å². The Morgan fingerprint density at radius 1 is 1.15 bits per heavy atom. The minimum absolute atomic E-state index is 0.167. The highest BCUT2D eigenvalue weighted by atomic mass is 79.9. The number of imide groups is 1. The van der Waals surface area contributed by atoms with Crippen molar-refractivity contribution in [3.8, 4) is 0 Å². The van der Waals surface area contributed by atoms with Crippen LogP contribution in [-0.4, -0.2) is 29.2 Å². The molecule has 0 spiro atoms. The van der Waals surface area contributed by atoms with Crippen LogP contribution in [0.25, 0.3) is 0 Å². The summed E-state index contributed by atoms with van der Waals surface area (Å²) >= 11 is 9.42. The topological polar surface area (TPSA) is 66.5 Å². The second-order valence-corrected chi connectivity index (χ2v) is 8.91. The second-order valence-electron chi connectivity index (χ2n) is 7.59. The van der Waals surface area contributed by atoms with Crippen LogP contribution in [0.15, 0.2) is 34.8 Å². The molecule has 5 aliphatic rings. The van der Waals surface area contributed by atoms with Crippen LogP contribution < -0.4 is 5.32 Å². The molecule has 1 saturated heterocycles. The molecular weight excluding hydrogens is 420 g/mol. The number of nitrogens with one attached hydrogen (secondary N) is 1. The number of allylic oxidation sites excluding steroid dienone is 2. The first-order valence-corrected chi connectivity index (χ1v) is 9.91. The zero-order valence-electron chi connectivity index (χ0n) is 13.7. The number of carbonyl (C=O) groups is 3. The highest BCUT2D eigenvalue weighted by Gasteiger charge is 2.67. The summed E-state index contributed by atoms with van der Waals surface area (Å²) in [6.07, 6.45) is 5.37. The predicted molar refractivity (Wildman–Crippen MR) is 99.2 cm³/mol. The lowest BCUT2D eigenvalue weighted by atomic mass is 9.63. The van der Waals surface area contributed by atoms with Crippen LogP contribution in [0.1, 0.15) is 6.42 Å². The number of carbonyl (C=O) groups excluding carboxylic acids is 3. The summed E-state index contributed by atoms with van der Waals surface area (Å²) in [4.78, 5) is 39.3. The van der Waals surface area contributed by atoms with Gasteiger partial charge in [0.2, 0.25) is 17.7 Å². The fourth-order valence-electron chi connectivity index (χ4n) is 5.10. The minimum Gasteiger partial charge on any atom is -0.323 e. The molecule has 26 heavy (non-hydrogen) atoms. The Balaban J connectivity index is 1.33. The van der Waals surface area contributed by atoms with Gasteiger partial charge in [0.15, 0.2) is 0 Å². The van der Waals surface area contributed by atoms with Crippen LogP contribution in [0.5, 0.6) is 0 Å². The standard InChI is InChI=1S/C19H16BrClN2O3/c20-8-1-4-14(13(21)5-8)22-15(24)7-23-18(25)16-9-2-3-10(12-6-11(9)12)17(16)19(23)26/h1-5,9-12,16-17H,6-7H2,(H,22,24). The maximum atomic E-state index is 12.9. The SMILES string of the molecule is O=C(CN1C(=O)C2C3C=CC(C4CC34)C2C1=O)Nc1ccc(Br)cc1Cl. The van der Waals surface area contributed by atoms with E-state index in [1.54, 1.807) is 18.2 Å². The first-order valence-electron chi connectivity index (χ1n) is 8.74. The van der Waals surface area contributed by atoms with Gasteiger partial charge in [-0.15, -0.1) is 0 Å². The summed E-state index contributed by atoms with van der Waals surface area (Å²) in [6.45, 7) is -0.258. The summed E-state index contributed by atoms with van der Waals surface area (Å²) in [5.41, 5.74) is 0.458. The van der Waals surface area contributed by atoms with Crippen molar-refractivity contribution in [1.82, 2.24) is 4.90 Å². The van der Waals surface area contributed by atoms with E-state index in [-0.39, 0.29) is 42.0 Å². The maximum Gasteiger partial charge on any atom is 0.244 e. The van der Waals surface area contributed by atoms with E-state index in [1.807, 2.05) is 0 Å². The molecule has 1 N–H and O–H groups in total. The highest BCUT2D eigenvalue weighted by Crippen LogP contribution is 2.65. The van der Waals surface area contributed by atoms with Crippen molar-refractivity contribution in [2.75, 3.05) is 11.9 Å². The number of nitrogens with zero attached hydrogens (tertiary/aromatic N) is 1. The highest BCUT2D eigenvalue weighted by molar-refractivity contribution is 9.10. The summed E-state index contributed by atoms with van der Waals surface area (Å²) in [5.74, 6) is 0.0942. The lowest BCUT2D eigenvalue weighted by Crippen LogP contribution is -2.40. The van der Waals surface area contributed by atoms with Crippen molar-refractivity contribution in [3.63, 3.8) is 0 Å². The molecule has 6 atom stereocenters. The van der Waals surface area contributed by atoms with Gasteiger partial charge in [0.1, 0.15) is 6.54 Å². The van der Waals surface area contributed by atoms with Gasteiger partial charge >= 0.3 is 0 Å². The Bertz CT molecular complexity index is 850. The Morgan fingerprint density at radius 3 is 2.35 bits per heavy atom. The van der Waals surface area contributed by atoms with Crippen LogP contribution in [0.2, 0.25) is 5.02 Å². The van der Waals surface area contributed by atoms with Crippen molar-refractivity contribution >= 4 is 50.9 Å². The van der Waals surface area contributed by atoms with Crippen molar-refractivity contribution in [1.29, 1.82) is 0 Å². The molecule has 1 aliphatic heterocycles. The van der Waals surface area contributed by atoms with E-state index in [4.69, 9.17) is 11.6 Å². The third-order valence-electron chi connectivity index (χ3n) is 6.26. The maximum absolute atomic E-state index is 12.9. The number of rotatable bonds is 3. The number of hydrogen-bond acceptors (Lipinski definition) is 3. The summed E-state index contributed by atoms with van der Waals surface area (Å²) in [5, 5.41) is 3.08. The van der Waals surface area contributed by atoms with Gasteiger partial charge in [-0.1, -0.05) is 39.7 Å². The molecule has 0 radical (unpaired) electrons. The Morgan fingerprint density at radius 2 is 1.77 bits per heavy atom. The third kappa shape index (κ3) is 2.31. The molecule has 134 valence electrons. The Kier molecular flexibility index (Phi) is 3.60. The molecule has 0 aromatic heterocycles. The molecule has 3 fully saturated rings. The van der Waals surface area contributed by atoms with Crippen LogP contribution in [0, 0.1) is 35.5 Å². The number of hydrogen-bond donors (Lipinski definition) is 1. The van der Waals surface area contributed by atoms with E-state index in [1.165, 1.54) is 0 Å². The van der Waals surface area contributed by atoms with Crippen LogP contribution >= 0.6 is 27.5 Å². The molecule has 5 nitrogen and oxygen atoms in total. The van der Waals surface area contributed by atoms with Gasteiger partial charge in [-0.2, -0.15) is 0 Å². The molecule has 7 heteroatoms. The van der Waals surface area contributed by atoms with Gasteiger partial charge in [-0.05, 0) is 48.3 Å². The fraction of sp³-hybridized carbons (Fsp3) is 0.421. The molecule has 4 aliphatic carbocycles. The van der Waals surface area contributed by atoms with Gasteiger partial charge < -0.3 is 5.32 Å². The molecule has 2 saturated carbocycles. The summed E-state index contributed by atoms with van der Waals surface area (Å²) in [6, 6.07) is 5.11. The minimum atomic E-state index is -0.417. The van der Waals surface area contributed by atoms with E-state index in [2.05, 4.69) is 33.4 Å². The predicted octanol–water partition coefficient (Wildman–Crippen LogP) is 3.09. The van der Waals surface area contributed by atoms with Gasteiger partial charge in [0, 0.05) is 4.47 Å². The van der Waals surface area contributed by atoms with Gasteiger partial charge in [0.05, 0.1) is 22.5 Å². The van der Waals surface area contributed by atoms with Crippen LogP contribution in [0.3, 0.4) is 0 Å². The van der Waals surface area contributed by atoms with E-state index >= 15 is 0 Å². The smallest absolute Gasteiger partial charge is 0.244 e. The summed E-state index contributed by atoms with van der Waals surface area (Å²) in [7, 11) is 0. The second kappa shape index (κ2) is 5.67. The molecular formula is C19H16BrClN2O3. The molecule has 1 aromatic rings. The van der Waals surface area contributed by atoms with Crippen molar-refractivity contribution in [2.45, 2.75) is 6.42 Å². The van der Waals surface area contributed by atoms with Gasteiger partial charge in [0.25, 0.3) is 0 Å².